The third kappa shape index (κ3) is 10.2. The highest BCUT2D eigenvalue weighted by Crippen LogP contribution is 2.32. The maximum Gasteiger partial charge on any atom is 0.408 e. The molecule has 0 fully saturated rings. The summed E-state index contributed by atoms with van der Waals surface area (Å²) in [6.07, 6.45) is 0.120. The van der Waals surface area contributed by atoms with E-state index in [0.29, 0.717) is 12.0 Å². The molecule has 0 spiro atoms. The lowest BCUT2D eigenvalue weighted by molar-refractivity contribution is 0.0500. The largest absolute Gasteiger partial charge is 0.444 e. The average molecular weight is 890 g/mol. The molecular weight excluding hydrogens is 846 g/mol. The Hall–Kier alpha value is -3.40. The van der Waals surface area contributed by atoms with Gasteiger partial charge < -0.3 is 10.1 Å². The van der Waals surface area contributed by atoms with Crippen molar-refractivity contribution in [3.63, 3.8) is 0 Å². The lowest BCUT2D eigenvalue weighted by atomic mass is 9.99. The molecule has 4 aromatic carbocycles. The number of nitrogens with one attached hydrogen (secondary N) is 1. The molecule has 0 bridgehead atoms. The molecule has 53 heavy (non-hydrogen) atoms. The number of fused-ring (bicyclic) bond motifs is 2. The molecule has 282 valence electrons. The number of hydrogen-bond acceptors (Lipinski definition) is 7. The van der Waals surface area contributed by atoms with Crippen LogP contribution >= 0.6 is 31.9 Å². The highest BCUT2D eigenvalue weighted by atomic mass is 79.9. The molecule has 1 unspecified atom stereocenters. The van der Waals surface area contributed by atoms with E-state index in [-0.39, 0.29) is 54.2 Å². The third-order valence-electron chi connectivity index (χ3n) is 8.81. The average Bonchev–Trinajstić information content (AvgIpc) is 3.36. The predicted molar refractivity (Wildman–Crippen MR) is 212 cm³/mol. The summed E-state index contributed by atoms with van der Waals surface area (Å²) in [7, 11) is -7.28. The predicted octanol–water partition coefficient (Wildman–Crippen LogP) is 8.45. The highest BCUT2D eigenvalue weighted by Gasteiger charge is 2.32. The van der Waals surface area contributed by atoms with Crippen LogP contribution in [-0.4, -0.2) is 56.0 Å². The van der Waals surface area contributed by atoms with Crippen LogP contribution < -0.4 is 5.32 Å². The van der Waals surface area contributed by atoms with Crippen molar-refractivity contribution in [2.24, 2.45) is 0 Å². The lowest BCUT2D eigenvalue weighted by Crippen LogP contribution is -2.36. The van der Waals surface area contributed by atoms with Crippen molar-refractivity contribution in [3.05, 3.63) is 127 Å². The summed E-state index contributed by atoms with van der Waals surface area (Å²) in [5.41, 5.74) is 4.47. The van der Waals surface area contributed by atoms with E-state index < -0.39 is 31.7 Å². The number of Topliss-reactive ketones (excluding diaryl/α,β-unsaturated/α-hetero) is 1. The van der Waals surface area contributed by atoms with Gasteiger partial charge in [0.1, 0.15) is 5.60 Å². The van der Waals surface area contributed by atoms with Crippen LogP contribution in [0.5, 0.6) is 0 Å². The van der Waals surface area contributed by atoms with Crippen LogP contribution in [0.25, 0.3) is 0 Å². The Labute approximate surface area is 329 Å². The van der Waals surface area contributed by atoms with E-state index in [1.165, 1.54) is 8.61 Å². The van der Waals surface area contributed by atoms with Gasteiger partial charge in [0.15, 0.2) is 5.78 Å². The third-order valence-corrected chi connectivity index (χ3v) is 13.5. The maximum atomic E-state index is 13.3. The summed E-state index contributed by atoms with van der Waals surface area (Å²) < 4.78 is 62.2. The second-order valence-corrected chi connectivity index (χ2v) is 19.8. The van der Waals surface area contributed by atoms with Crippen LogP contribution in [-0.2, 0) is 37.9 Å². The Morgan fingerprint density at radius 2 is 1.23 bits per heavy atom. The molecule has 0 radical (unpaired) electrons. The van der Waals surface area contributed by atoms with Crippen LogP contribution in [0.1, 0.15) is 77.8 Å². The molecule has 0 saturated carbocycles. The maximum absolute atomic E-state index is 13.3. The van der Waals surface area contributed by atoms with Crippen molar-refractivity contribution in [3.8, 4) is 0 Å². The van der Waals surface area contributed by atoms with Crippen LogP contribution in [0.15, 0.2) is 104 Å². The van der Waals surface area contributed by atoms with Gasteiger partial charge in [-0.05, 0) is 112 Å². The van der Waals surface area contributed by atoms with Gasteiger partial charge in [0, 0.05) is 47.1 Å². The standard InChI is InChI=1S/C22H27BrN2O4S.C17H16BrNO3S/c1-15-5-8-18(9-6-15)30(27,28)25-12-11-20(24-21(26)29-22(2,3)4)19-10-7-17(23)13-16(19)14-25;1-12-2-5-15(6-3-12)23(21,22)19-9-8-17(20)16-7-4-14(18)10-13(16)11-19/h5-10,13,20H,11-12,14H2,1-4H3,(H,24,26);2-7,10H,8-9,11H2,1H3. The molecule has 10 nitrogen and oxygen atoms in total. The molecule has 1 amide bonds. The van der Waals surface area contributed by atoms with Crippen LogP contribution in [0, 0.1) is 13.8 Å². The topological polar surface area (TPSA) is 130 Å². The Kier molecular flexibility index (Phi) is 12.7. The summed E-state index contributed by atoms with van der Waals surface area (Å²) in [5, 5.41) is 2.91. The molecule has 2 heterocycles. The fraction of sp³-hybridized carbons (Fsp3) is 0.333. The number of carbonyl (C=O) groups is 2. The van der Waals surface area contributed by atoms with Gasteiger partial charge in [-0.3, -0.25) is 4.79 Å². The monoisotopic (exact) mass is 887 g/mol. The number of ether oxygens (including phenoxy) is 1. The van der Waals surface area contributed by atoms with Crippen LogP contribution in [0.4, 0.5) is 4.79 Å². The van der Waals surface area contributed by atoms with Gasteiger partial charge in [0.2, 0.25) is 20.0 Å². The van der Waals surface area contributed by atoms with E-state index in [2.05, 4.69) is 37.2 Å². The molecule has 1 atom stereocenters. The van der Waals surface area contributed by atoms with Crippen molar-refractivity contribution < 1.29 is 31.2 Å². The van der Waals surface area contributed by atoms with Gasteiger partial charge in [-0.25, -0.2) is 21.6 Å². The summed E-state index contributed by atoms with van der Waals surface area (Å²) in [4.78, 5) is 25.1. The van der Waals surface area contributed by atoms with Crippen LogP contribution in [0.2, 0.25) is 0 Å². The second kappa shape index (κ2) is 16.5. The molecule has 0 saturated heterocycles. The number of aryl methyl sites for hydroxylation is 2. The highest BCUT2D eigenvalue weighted by molar-refractivity contribution is 9.10. The number of benzene rings is 4. The van der Waals surface area contributed by atoms with Gasteiger partial charge in [0.05, 0.1) is 15.8 Å². The molecule has 1 N–H and O–H groups in total. The molecular formula is C39H43Br2N3O7S2. The first kappa shape index (κ1) is 40.8. The number of halogens is 2. The minimum atomic E-state index is -3.66. The fourth-order valence-electron chi connectivity index (χ4n) is 6.07. The van der Waals surface area contributed by atoms with E-state index in [1.807, 2.05) is 38.1 Å². The summed E-state index contributed by atoms with van der Waals surface area (Å²) >= 11 is 6.85. The zero-order chi connectivity index (χ0) is 38.7. The van der Waals surface area contributed by atoms with Crippen molar-refractivity contribution in [1.29, 1.82) is 0 Å². The summed E-state index contributed by atoms with van der Waals surface area (Å²) in [6, 6.07) is 24.4. The zero-order valence-corrected chi connectivity index (χ0v) is 35.0. The van der Waals surface area contributed by atoms with E-state index in [1.54, 1.807) is 81.4 Å². The summed E-state index contributed by atoms with van der Waals surface area (Å²) in [5.74, 6) is -0.0193. The van der Waals surface area contributed by atoms with Gasteiger partial charge in [-0.1, -0.05) is 73.3 Å². The number of hydrogen-bond donors (Lipinski definition) is 1. The Morgan fingerprint density at radius 3 is 1.77 bits per heavy atom. The van der Waals surface area contributed by atoms with Crippen LogP contribution in [0.3, 0.4) is 0 Å². The quantitative estimate of drug-likeness (QED) is 0.213. The first-order valence-corrected chi connectivity index (χ1v) is 21.5. The SMILES string of the molecule is Cc1ccc(S(=O)(=O)N2CCC(=O)c3ccc(Br)cc3C2)cc1.Cc1ccc(S(=O)(=O)N2CCC(NC(=O)OC(C)(C)C)c3ccc(Br)cc3C2)cc1. The van der Waals surface area contributed by atoms with E-state index >= 15 is 0 Å². The molecule has 2 aliphatic rings. The molecule has 4 aromatic rings. The smallest absolute Gasteiger partial charge is 0.408 e. The van der Waals surface area contributed by atoms with Gasteiger partial charge in [-0.15, -0.1) is 0 Å². The molecule has 0 aliphatic carbocycles. The number of nitrogens with zero attached hydrogens (tertiary/aromatic N) is 2. The number of ketones is 1. The molecule has 2 aliphatic heterocycles. The fourth-order valence-corrected chi connectivity index (χ4v) is 9.74. The zero-order valence-electron chi connectivity index (χ0n) is 30.2. The van der Waals surface area contributed by atoms with E-state index in [4.69, 9.17) is 4.74 Å². The van der Waals surface area contributed by atoms with Crippen molar-refractivity contribution >= 4 is 63.8 Å². The van der Waals surface area contributed by atoms with Crippen molar-refractivity contribution in [1.82, 2.24) is 13.9 Å². The van der Waals surface area contributed by atoms with Crippen molar-refractivity contribution in [2.75, 3.05) is 13.1 Å². The molecule has 0 aromatic heterocycles. The number of alkyl carbamates (subject to hydrolysis) is 1. The van der Waals surface area contributed by atoms with Crippen molar-refractivity contribution in [2.45, 2.75) is 82.0 Å². The Balaban J connectivity index is 0.000000211. The van der Waals surface area contributed by atoms with Gasteiger partial charge in [0.25, 0.3) is 0 Å². The first-order valence-electron chi connectivity index (χ1n) is 17.1. The number of amides is 1. The van der Waals surface area contributed by atoms with E-state index in [9.17, 15) is 26.4 Å². The second-order valence-electron chi connectivity index (χ2n) is 14.1. The Morgan fingerprint density at radius 1 is 0.736 bits per heavy atom. The number of sulfonamides is 2. The minimum Gasteiger partial charge on any atom is -0.444 e. The normalized spacial score (nSPS) is 17.0. The summed E-state index contributed by atoms with van der Waals surface area (Å²) in [6.45, 7) is 10.2. The minimum absolute atomic E-state index is 0.0193. The van der Waals surface area contributed by atoms with E-state index in [0.717, 1.165) is 36.8 Å². The first-order chi connectivity index (χ1) is 24.8. The number of rotatable bonds is 5. The lowest BCUT2D eigenvalue weighted by Gasteiger charge is -2.24. The number of carbonyl (C=O) groups excluding carboxylic acids is 2. The molecule has 14 heteroatoms. The van der Waals surface area contributed by atoms with Gasteiger partial charge >= 0.3 is 6.09 Å². The van der Waals surface area contributed by atoms with Gasteiger partial charge in [-0.2, -0.15) is 8.61 Å². The molecule has 6 rings (SSSR count). The Bertz CT molecular complexity index is 2210.